The maximum atomic E-state index is 11.8. The van der Waals surface area contributed by atoms with Gasteiger partial charge >= 0.3 is 13.2 Å². The van der Waals surface area contributed by atoms with Gasteiger partial charge in [-0.3, -0.25) is 4.79 Å². The van der Waals surface area contributed by atoms with E-state index in [2.05, 4.69) is 17.2 Å². The second-order valence-electron chi connectivity index (χ2n) is 7.47. The van der Waals surface area contributed by atoms with Crippen molar-refractivity contribution in [2.45, 2.75) is 45.3 Å². The number of amides is 2. The number of carbonyl (C=O) groups is 2. The first-order valence-corrected chi connectivity index (χ1v) is 9.08. The maximum absolute atomic E-state index is 11.8. The molecule has 0 aliphatic carbocycles. The molecule has 0 radical (unpaired) electrons. The highest BCUT2D eigenvalue weighted by molar-refractivity contribution is 6.62. The SMILES string of the molecule is C=CC(=O)Nc1cc(B2OC(C)(C)C(C)(C)O2)ccc1OCCCNC(=O)O. The molecule has 2 rings (SSSR count). The van der Waals surface area contributed by atoms with Crippen molar-refractivity contribution in [2.75, 3.05) is 18.5 Å². The van der Waals surface area contributed by atoms with Crippen LogP contribution in [0.5, 0.6) is 5.75 Å². The predicted molar refractivity (Wildman–Crippen MR) is 107 cm³/mol. The second-order valence-corrected chi connectivity index (χ2v) is 7.47. The number of carbonyl (C=O) groups excluding carboxylic acids is 1. The summed E-state index contributed by atoms with van der Waals surface area (Å²) in [5.41, 5.74) is 0.254. The number of benzene rings is 1. The quantitative estimate of drug-likeness (QED) is 0.357. The minimum Gasteiger partial charge on any atom is -0.491 e. The molecule has 1 aromatic rings. The fraction of sp³-hybridized carbons (Fsp3) is 0.474. The Labute approximate surface area is 165 Å². The highest BCUT2D eigenvalue weighted by Crippen LogP contribution is 2.37. The smallest absolute Gasteiger partial charge is 0.491 e. The van der Waals surface area contributed by atoms with Crippen LogP contribution in [0, 0.1) is 0 Å². The fourth-order valence-electron chi connectivity index (χ4n) is 2.53. The highest BCUT2D eigenvalue weighted by Gasteiger charge is 2.51. The van der Waals surface area contributed by atoms with E-state index in [0.717, 1.165) is 5.46 Å². The fourth-order valence-corrected chi connectivity index (χ4v) is 2.53. The van der Waals surface area contributed by atoms with Gasteiger partial charge < -0.3 is 29.8 Å². The van der Waals surface area contributed by atoms with Crippen LogP contribution < -0.4 is 20.8 Å². The van der Waals surface area contributed by atoms with Gasteiger partial charge in [-0.1, -0.05) is 12.6 Å². The highest BCUT2D eigenvalue weighted by atomic mass is 16.7. The Morgan fingerprint density at radius 3 is 2.46 bits per heavy atom. The van der Waals surface area contributed by atoms with Gasteiger partial charge in [0.2, 0.25) is 5.91 Å². The Morgan fingerprint density at radius 2 is 1.89 bits per heavy atom. The van der Waals surface area contributed by atoms with Crippen molar-refractivity contribution in [1.29, 1.82) is 0 Å². The zero-order valence-corrected chi connectivity index (χ0v) is 16.7. The average molecular weight is 390 g/mol. The minimum absolute atomic E-state index is 0.273. The Kier molecular flexibility index (Phi) is 6.74. The van der Waals surface area contributed by atoms with Crippen LogP contribution in [0.3, 0.4) is 0 Å². The molecule has 1 aliphatic rings. The van der Waals surface area contributed by atoms with Crippen LogP contribution in [0.25, 0.3) is 0 Å². The van der Waals surface area contributed by atoms with Gasteiger partial charge in [0, 0.05) is 6.54 Å². The molecule has 0 atom stereocenters. The largest absolute Gasteiger partial charge is 0.494 e. The summed E-state index contributed by atoms with van der Waals surface area (Å²) < 4.78 is 17.8. The Bertz CT molecular complexity index is 734. The molecule has 1 heterocycles. The van der Waals surface area contributed by atoms with Crippen LogP contribution in [0.1, 0.15) is 34.1 Å². The van der Waals surface area contributed by atoms with Gasteiger partial charge in [-0.05, 0) is 57.8 Å². The zero-order valence-electron chi connectivity index (χ0n) is 16.7. The first-order chi connectivity index (χ1) is 13.1. The lowest BCUT2D eigenvalue weighted by atomic mass is 9.79. The van der Waals surface area contributed by atoms with E-state index in [1.807, 2.05) is 33.8 Å². The van der Waals surface area contributed by atoms with Gasteiger partial charge in [-0.2, -0.15) is 0 Å². The van der Waals surface area contributed by atoms with Gasteiger partial charge in [-0.25, -0.2) is 4.79 Å². The second kappa shape index (κ2) is 8.66. The van der Waals surface area contributed by atoms with Crippen molar-refractivity contribution in [2.24, 2.45) is 0 Å². The van der Waals surface area contributed by atoms with E-state index >= 15 is 0 Å². The van der Waals surface area contributed by atoms with E-state index in [-0.39, 0.29) is 19.1 Å². The molecular weight excluding hydrogens is 363 g/mol. The van der Waals surface area contributed by atoms with Gasteiger partial charge in [0.1, 0.15) is 5.75 Å². The molecule has 28 heavy (non-hydrogen) atoms. The monoisotopic (exact) mass is 390 g/mol. The Morgan fingerprint density at radius 1 is 1.25 bits per heavy atom. The molecule has 1 aromatic carbocycles. The normalized spacial score (nSPS) is 17.1. The molecule has 1 fully saturated rings. The topological polar surface area (TPSA) is 106 Å². The predicted octanol–water partition coefficient (Wildman–Crippen LogP) is 2.15. The molecule has 0 saturated carbocycles. The summed E-state index contributed by atoms with van der Waals surface area (Å²) in [6, 6.07) is 5.29. The van der Waals surface area contributed by atoms with Gasteiger partial charge in [-0.15, -0.1) is 0 Å². The standard InChI is InChI=1S/C19H27BN2O6/c1-6-16(23)22-14-12-13(20-27-18(2,3)19(4,5)28-20)8-9-15(14)26-11-7-10-21-17(24)25/h6,8-9,12,21H,1,7,10-11H2,2-5H3,(H,22,23)(H,24,25). The number of rotatable bonds is 8. The molecule has 0 spiro atoms. The van der Waals surface area contributed by atoms with E-state index in [0.29, 0.717) is 17.9 Å². The van der Waals surface area contributed by atoms with Crippen LogP contribution in [0.15, 0.2) is 30.9 Å². The summed E-state index contributed by atoms with van der Waals surface area (Å²) >= 11 is 0. The summed E-state index contributed by atoms with van der Waals surface area (Å²) in [7, 11) is -0.571. The van der Waals surface area contributed by atoms with Gasteiger partial charge in [0.05, 0.1) is 23.5 Å². The van der Waals surface area contributed by atoms with Crippen LogP contribution in [0.2, 0.25) is 0 Å². The lowest BCUT2D eigenvalue weighted by Gasteiger charge is -2.32. The van der Waals surface area contributed by atoms with Gasteiger partial charge in [0.15, 0.2) is 0 Å². The summed E-state index contributed by atoms with van der Waals surface area (Å²) in [6.45, 7) is 11.9. The van der Waals surface area contributed by atoms with Crippen molar-refractivity contribution in [3.63, 3.8) is 0 Å². The third-order valence-corrected chi connectivity index (χ3v) is 4.83. The third-order valence-electron chi connectivity index (χ3n) is 4.83. The molecule has 1 saturated heterocycles. The molecule has 0 bridgehead atoms. The van der Waals surface area contributed by atoms with Gasteiger partial charge in [0.25, 0.3) is 0 Å². The zero-order chi connectivity index (χ0) is 20.9. The lowest BCUT2D eigenvalue weighted by Crippen LogP contribution is -2.41. The molecular formula is C19H27BN2O6. The summed E-state index contributed by atoms with van der Waals surface area (Å²) in [5.74, 6) is 0.0919. The third kappa shape index (κ3) is 5.27. The number of nitrogens with one attached hydrogen (secondary N) is 2. The Balaban J connectivity index is 2.15. The van der Waals surface area contributed by atoms with E-state index in [9.17, 15) is 9.59 Å². The first-order valence-electron chi connectivity index (χ1n) is 9.08. The number of carboxylic acid groups (broad SMARTS) is 1. The van der Waals surface area contributed by atoms with Crippen molar-refractivity contribution < 1.29 is 28.7 Å². The number of hydrogen-bond donors (Lipinski definition) is 3. The molecule has 0 unspecified atom stereocenters. The molecule has 152 valence electrons. The molecule has 3 N–H and O–H groups in total. The van der Waals surface area contributed by atoms with E-state index in [1.54, 1.807) is 12.1 Å². The van der Waals surface area contributed by atoms with Crippen LogP contribution in [0.4, 0.5) is 10.5 Å². The first kappa shape index (κ1) is 21.8. The molecule has 9 heteroatoms. The lowest BCUT2D eigenvalue weighted by molar-refractivity contribution is -0.111. The Hall–Kier alpha value is -2.52. The van der Waals surface area contributed by atoms with Crippen molar-refractivity contribution in [3.8, 4) is 5.75 Å². The van der Waals surface area contributed by atoms with Crippen LogP contribution >= 0.6 is 0 Å². The summed E-state index contributed by atoms with van der Waals surface area (Å²) in [4.78, 5) is 22.3. The summed E-state index contributed by atoms with van der Waals surface area (Å²) in [5, 5.41) is 13.6. The molecule has 2 amide bonds. The van der Waals surface area contributed by atoms with Crippen molar-refractivity contribution in [1.82, 2.24) is 5.32 Å². The average Bonchev–Trinajstić information content (AvgIpc) is 2.83. The number of anilines is 1. The minimum atomic E-state index is -1.08. The molecule has 0 aromatic heterocycles. The number of ether oxygens (including phenoxy) is 1. The van der Waals surface area contributed by atoms with E-state index < -0.39 is 24.4 Å². The number of hydrogen-bond acceptors (Lipinski definition) is 5. The van der Waals surface area contributed by atoms with Crippen molar-refractivity contribution >= 4 is 30.3 Å². The molecule has 1 aliphatic heterocycles. The maximum Gasteiger partial charge on any atom is 0.494 e. The van der Waals surface area contributed by atoms with E-state index in [1.165, 1.54) is 6.08 Å². The van der Waals surface area contributed by atoms with Crippen molar-refractivity contribution in [3.05, 3.63) is 30.9 Å². The summed E-state index contributed by atoms with van der Waals surface area (Å²) in [6.07, 6.45) is 0.577. The van der Waals surface area contributed by atoms with Crippen LogP contribution in [-0.4, -0.2) is 48.6 Å². The van der Waals surface area contributed by atoms with Crippen LogP contribution in [-0.2, 0) is 14.1 Å². The van der Waals surface area contributed by atoms with E-state index in [4.69, 9.17) is 19.2 Å². The molecule has 8 nitrogen and oxygen atoms in total.